The molecular weight excluding hydrogens is 362 g/mol. The quantitative estimate of drug-likeness (QED) is 0.495. The third-order valence-electron chi connectivity index (χ3n) is 4.73. The Morgan fingerprint density at radius 2 is 2.19 bits per heavy atom. The minimum absolute atomic E-state index is 0.496. The van der Waals surface area contributed by atoms with E-state index in [0.717, 1.165) is 33.4 Å². The van der Waals surface area contributed by atoms with Gasteiger partial charge in [-0.05, 0) is 37.1 Å². The molecule has 5 rings (SSSR count). The molecule has 4 aromatic rings. The summed E-state index contributed by atoms with van der Waals surface area (Å²) in [5.74, 6) is 2.82. The van der Waals surface area contributed by atoms with E-state index in [0.29, 0.717) is 18.4 Å². The molecule has 0 bridgehead atoms. The van der Waals surface area contributed by atoms with Gasteiger partial charge >= 0.3 is 0 Å². The first kappa shape index (κ1) is 16.4. The van der Waals surface area contributed by atoms with Gasteiger partial charge in [0.25, 0.3) is 0 Å². The Kier molecular flexibility index (Phi) is 3.89. The first-order chi connectivity index (χ1) is 13.3. The normalized spacial score (nSPS) is 14.1. The molecule has 8 nitrogen and oxygen atoms in total. The molecule has 9 heteroatoms. The summed E-state index contributed by atoms with van der Waals surface area (Å²) in [7, 11) is 1.65. The predicted octanol–water partition coefficient (Wildman–Crippen LogP) is 3.22. The van der Waals surface area contributed by atoms with Gasteiger partial charge in [0.1, 0.15) is 17.1 Å². The maximum atomic E-state index is 5.38. The lowest BCUT2D eigenvalue weighted by atomic mass is 10.2. The number of hydrogen-bond donors (Lipinski definition) is 2. The minimum Gasteiger partial charge on any atom is -0.494 e. The van der Waals surface area contributed by atoms with E-state index in [1.807, 2.05) is 30.7 Å². The number of rotatable bonds is 6. The number of methoxy groups -OCH3 is 1. The highest BCUT2D eigenvalue weighted by Crippen LogP contribution is 2.41. The first-order valence-corrected chi connectivity index (χ1v) is 10.0. The number of benzene rings is 1. The third kappa shape index (κ3) is 2.87. The summed E-state index contributed by atoms with van der Waals surface area (Å²) in [5, 5.41) is 8.59. The Hall–Kier alpha value is -2.81. The van der Waals surface area contributed by atoms with Crippen LogP contribution in [0.2, 0.25) is 0 Å². The summed E-state index contributed by atoms with van der Waals surface area (Å²) < 4.78 is 7.17. The molecule has 1 aliphatic carbocycles. The van der Waals surface area contributed by atoms with Gasteiger partial charge in [0, 0.05) is 5.56 Å². The molecule has 1 fully saturated rings. The van der Waals surface area contributed by atoms with Crippen LogP contribution in [0.25, 0.3) is 16.7 Å². The predicted molar refractivity (Wildman–Crippen MR) is 105 cm³/mol. The van der Waals surface area contributed by atoms with Crippen molar-refractivity contribution in [3.8, 4) is 5.75 Å². The van der Waals surface area contributed by atoms with Crippen molar-refractivity contribution in [1.29, 1.82) is 0 Å². The van der Waals surface area contributed by atoms with Crippen LogP contribution in [0.1, 0.15) is 30.1 Å². The number of imidazole rings is 1. The molecule has 1 aliphatic rings. The average molecular weight is 381 g/mol. The molecular formula is C18H19N7OS. The van der Waals surface area contributed by atoms with Crippen molar-refractivity contribution < 1.29 is 4.74 Å². The Balaban J connectivity index is 1.48. The highest BCUT2D eigenvalue weighted by molar-refractivity contribution is 7.98. The van der Waals surface area contributed by atoms with E-state index >= 15 is 0 Å². The van der Waals surface area contributed by atoms with E-state index in [9.17, 15) is 0 Å². The van der Waals surface area contributed by atoms with Crippen LogP contribution in [0.5, 0.6) is 5.75 Å². The molecule has 1 aromatic carbocycles. The summed E-state index contributed by atoms with van der Waals surface area (Å²) in [6.45, 7) is 0.496. The number of nitrogens with one attached hydrogen (secondary N) is 2. The monoisotopic (exact) mass is 381 g/mol. The number of thioether (sulfide) groups is 1. The number of nitrogens with zero attached hydrogens (tertiary/aromatic N) is 5. The Labute approximate surface area is 159 Å². The molecule has 0 unspecified atom stereocenters. The summed E-state index contributed by atoms with van der Waals surface area (Å²) in [6.07, 6.45) is 6.32. The highest BCUT2D eigenvalue weighted by Gasteiger charge is 2.28. The molecule has 0 aliphatic heterocycles. The number of para-hydroxylation sites is 1. The Morgan fingerprint density at radius 1 is 1.30 bits per heavy atom. The van der Waals surface area contributed by atoms with Gasteiger partial charge in [-0.15, -0.1) is 0 Å². The molecule has 2 N–H and O–H groups in total. The van der Waals surface area contributed by atoms with Crippen LogP contribution < -0.4 is 10.1 Å². The zero-order valence-corrected chi connectivity index (χ0v) is 15.9. The maximum Gasteiger partial charge on any atom is 0.228 e. The summed E-state index contributed by atoms with van der Waals surface area (Å²) >= 11 is 1.53. The number of anilines is 1. The van der Waals surface area contributed by atoms with Gasteiger partial charge in [-0.3, -0.25) is 0 Å². The van der Waals surface area contributed by atoms with E-state index in [-0.39, 0.29) is 0 Å². The second-order valence-corrected chi connectivity index (χ2v) is 7.31. The fraction of sp³-hybridized carbons (Fsp3) is 0.333. The SMILES string of the molecule is COc1cccc2[nH]c(CNc3nc(SC)nc4c(C5CC5)cnn34)nc12. The lowest BCUT2D eigenvalue weighted by Crippen LogP contribution is -2.10. The van der Waals surface area contributed by atoms with Crippen LogP contribution in [-0.2, 0) is 6.54 Å². The van der Waals surface area contributed by atoms with E-state index < -0.39 is 0 Å². The molecule has 1 saturated carbocycles. The number of fused-ring (bicyclic) bond motifs is 2. The summed E-state index contributed by atoms with van der Waals surface area (Å²) in [4.78, 5) is 17.2. The Bertz CT molecular complexity index is 1130. The lowest BCUT2D eigenvalue weighted by molar-refractivity contribution is 0.419. The van der Waals surface area contributed by atoms with Crippen molar-refractivity contribution in [3.05, 3.63) is 35.8 Å². The van der Waals surface area contributed by atoms with Crippen LogP contribution in [-0.4, -0.2) is 42.9 Å². The van der Waals surface area contributed by atoms with Gasteiger partial charge in [-0.2, -0.15) is 14.6 Å². The smallest absolute Gasteiger partial charge is 0.228 e. The van der Waals surface area contributed by atoms with Crippen molar-refractivity contribution in [1.82, 2.24) is 29.5 Å². The maximum absolute atomic E-state index is 5.38. The molecule has 0 atom stereocenters. The zero-order valence-electron chi connectivity index (χ0n) is 15.1. The van der Waals surface area contributed by atoms with Crippen LogP contribution in [0.3, 0.4) is 0 Å². The van der Waals surface area contributed by atoms with Gasteiger partial charge in [0.2, 0.25) is 5.95 Å². The third-order valence-corrected chi connectivity index (χ3v) is 5.28. The average Bonchev–Trinajstić information content (AvgIpc) is 3.30. The van der Waals surface area contributed by atoms with Crippen molar-refractivity contribution in [2.75, 3.05) is 18.7 Å². The molecule has 138 valence electrons. The van der Waals surface area contributed by atoms with Gasteiger partial charge < -0.3 is 15.0 Å². The summed E-state index contributed by atoms with van der Waals surface area (Å²) in [6, 6.07) is 5.83. The second kappa shape index (κ2) is 6.41. The van der Waals surface area contributed by atoms with Gasteiger partial charge in [0.15, 0.2) is 10.8 Å². The van der Waals surface area contributed by atoms with Crippen LogP contribution >= 0.6 is 11.8 Å². The van der Waals surface area contributed by atoms with E-state index in [1.54, 1.807) is 11.6 Å². The van der Waals surface area contributed by atoms with E-state index in [2.05, 4.69) is 30.4 Å². The fourth-order valence-electron chi connectivity index (χ4n) is 3.23. The number of aromatic amines is 1. The fourth-order valence-corrected chi connectivity index (χ4v) is 3.59. The van der Waals surface area contributed by atoms with Crippen molar-refractivity contribution in [2.24, 2.45) is 0 Å². The molecule has 3 aromatic heterocycles. The largest absolute Gasteiger partial charge is 0.494 e. The van der Waals surface area contributed by atoms with E-state index in [4.69, 9.17) is 4.74 Å². The van der Waals surface area contributed by atoms with Crippen molar-refractivity contribution in [2.45, 2.75) is 30.5 Å². The van der Waals surface area contributed by atoms with Gasteiger partial charge in [0.05, 0.1) is 25.4 Å². The number of aromatic nitrogens is 6. The molecule has 0 radical (unpaired) electrons. The Morgan fingerprint density at radius 3 is 2.96 bits per heavy atom. The lowest BCUT2D eigenvalue weighted by Gasteiger charge is -2.07. The van der Waals surface area contributed by atoms with Crippen molar-refractivity contribution in [3.63, 3.8) is 0 Å². The van der Waals surface area contributed by atoms with Crippen LogP contribution in [0.15, 0.2) is 29.6 Å². The number of hydrogen-bond acceptors (Lipinski definition) is 7. The summed E-state index contributed by atoms with van der Waals surface area (Å²) in [5.41, 5.74) is 3.87. The number of ether oxygens (including phenoxy) is 1. The number of H-pyrrole nitrogens is 1. The first-order valence-electron chi connectivity index (χ1n) is 8.82. The minimum atomic E-state index is 0.496. The molecule has 0 spiro atoms. The van der Waals surface area contributed by atoms with Gasteiger partial charge in [-0.1, -0.05) is 17.8 Å². The highest BCUT2D eigenvalue weighted by atomic mass is 32.2. The zero-order chi connectivity index (χ0) is 18.4. The molecule has 0 saturated heterocycles. The molecule has 0 amide bonds. The topological polar surface area (TPSA) is 93.0 Å². The van der Waals surface area contributed by atoms with Crippen LogP contribution in [0.4, 0.5) is 5.95 Å². The standard InChI is InChI=1S/C18H19N7OS/c1-26-13-5-3-4-12-15(13)22-14(21-12)9-19-17-24-18(27-2)23-16-11(10-6-7-10)8-20-25(16)17/h3-5,8,10H,6-7,9H2,1-2H3,(H,21,22)(H,19,23,24). The van der Waals surface area contributed by atoms with Gasteiger partial charge in [-0.25, -0.2) is 9.97 Å². The molecule has 27 heavy (non-hydrogen) atoms. The van der Waals surface area contributed by atoms with E-state index in [1.165, 1.54) is 30.2 Å². The second-order valence-electron chi connectivity index (χ2n) is 6.54. The molecule has 3 heterocycles. The van der Waals surface area contributed by atoms with Crippen molar-refractivity contribution >= 4 is 34.4 Å². The van der Waals surface area contributed by atoms with Crippen LogP contribution in [0, 0.1) is 0 Å².